The quantitative estimate of drug-likeness (QED) is 0.836. The maximum atomic E-state index is 12.6. The molecule has 5 nitrogen and oxygen atoms in total. The number of ether oxygens (including phenoxy) is 1. The fourth-order valence-corrected chi connectivity index (χ4v) is 6.01. The number of hydrogen-bond acceptors (Lipinski definition) is 5. The van der Waals surface area contributed by atoms with Gasteiger partial charge in [-0.3, -0.25) is 0 Å². The van der Waals surface area contributed by atoms with Crippen LogP contribution in [-0.4, -0.2) is 64.1 Å². The molecule has 2 aliphatic rings. The minimum atomic E-state index is -3.31. The van der Waals surface area contributed by atoms with E-state index in [-0.39, 0.29) is 6.10 Å². The van der Waals surface area contributed by atoms with Crippen molar-refractivity contribution in [1.29, 1.82) is 0 Å². The first-order chi connectivity index (χ1) is 9.98. The largest absolute Gasteiger partial charge is 0.376 e. The third kappa shape index (κ3) is 3.03. The van der Waals surface area contributed by atoms with Gasteiger partial charge in [-0.05, 0) is 37.9 Å². The van der Waals surface area contributed by atoms with E-state index in [0.717, 1.165) is 13.0 Å². The predicted molar refractivity (Wildman–Crippen MR) is 83.0 cm³/mol. The van der Waals surface area contributed by atoms with Crippen LogP contribution in [0.1, 0.15) is 6.42 Å². The van der Waals surface area contributed by atoms with E-state index in [0.29, 0.717) is 35.7 Å². The average molecular weight is 330 g/mol. The number of thiophene rings is 1. The van der Waals surface area contributed by atoms with Gasteiger partial charge in [-0.1, -0.05) is 6.07 Å². The lowest BCUT2D eigenvalue weighted by Gasteiger charge is -2.35. The molecule has 0 spiro atoms. The van der Waals surface area contributed by atoms with Gasteiger partial charge >= 0.3 is 0 Å². The van der Waals surface area contributed by atoms with Crippen molar-refractivity contribution in [1.82, 2.24) is 9.21 Å². The second kappa shape index (κ2) is 5.96. The van der Waals surface area contributed by atoms with Crippen LogP contribution in [0.4, 0.5) is 0 Å². The zero-order chi connectivity index (χ0) is 15.0. The predicted octanol–water partition coefficient (Wildman–Crippen LogP) is 1.34. The number of rotatable bonds is 4. The van der Waals surface area contributed by atoms with Gasteiger partial charge in [-0.15, -0.1) is 11.3 Å². The summed E-state index contributed by atoms with van der Waals surface area (Å²) in [5, 5.41) is 1.81. The molecule has 2 aliphatic heterocycles. The first-order valence-corrected chi connectivity index (χ1v) is 9.60. The summed E-state index contributed by atoms with van der Waals surface area (Å²) in [5.74, 6) is 0.820. The maximum absolute atomic E-state index is 12.6. The number of hydrogen-bond donors (Lipinski definition) is 0. The van der Waals surface area contributed by atoms with Crippen molar-refractivity contribution in [3.8, 4) is 0 Å². The molecule has 1 aromatic rings. The molecule has 0 saturated carbocycles. The minimum Gasteiger partial charge on any atom is -0.376 e. The zero-order valence-corrected chi connectivity index (χ0v) is 14.1. The van der Waals surface area contributed by atoms with Crippen molar-refractivity contribution in [3.05, 3.63) is 17.5 Å². The van der Waals surface area contributed by atoms with Crippen LogP contribution < -0.4 is 0 Å². The van der Waals surface area contributed by atoms with E-state index >= 15 is 0 Å². The molecule has 3 rings (SSSR count). The molecule has 1 aromatic heterocycles. The Bertz CT molecular complexity index is 571. The standard InChI is InChI=1S/C14H22N2O3S2/c1-15(2)9-13-12-5-6-16(8-11(12)10-19-13)21(17,18)14-4-3-7-20-14/h3-4,7,11-13H,5-6,8-10H2,1-2H3/t11-,12-,13-/m0/s1. The minimum absolute atomic E-state index is 0.247. The van der Waals surface area contributed by atoms with Crippen LogP contribution in [0, 0.1) is 11.8 Å². The van der Waals surface area contributed by atoms with E-state index in [4.69, 9.17) is 4.74 Å². The number of likely N-dealkylation sites (N-methyl/N-ethyl adjacent to an activating group) is 1. The molecule has 2 saturated heterocycles. The Labute approximate surface area is 130 Å². The smallest absolute Gasteiger partial charge is 0.252 e. The molecular formula is C14H22N2O3S2. The van der Waals surface area contributed by atoms with Crippen LogP contribution >= 0.6 is 11.3 Å². The van der Waals surface area contributed by atoms with Crippen molar-refractivity contribution in [2.24, 2.45) is 11.8 Å². The van der Waals surface area contributed by atoms with Crippen LogP contribution in [0.15, 0.2) is 21.7 Å². The molecule has 2 fully saturated rings. The van der Waals surface area contributed by atoms with Crippen LogP contribution in [0.25, 0.3) is 0 Å². The van der Waals surface area contributed by atoms with Gasteiger partial charge in [0.25, 0.3) is 10.0 Å². The fraction of sp³-hybridized carbons (Fsp3) is 0.714. The first kappa shape index (κ1) is 15.4. The van der Waals surface area contributed by atoms with E-state index in [1.54, 1.807) is 16.4 Å². The highest BCUT2D eigenvalue weighted by Gasteiger charge is 2.43. The third-order valence-corrected chi connectivity index (χ3v) is 7.63. The molecule has 0 amide bonds. The monoisotopic (exact) mass is 330 g/mol. The van der Waals surface area contributed by atoms with Gasteiger partial charge < -0.3 is 9.64 Å². The van der Waals surface area contributed by atoms with Crippen molar-refractivity contribution in [2.45, 2.75) is 16.7 Å². The Morgan fingerprint density at radius 1 is 1.48 bits per heavy atom. The number of fused-ring (bicyclic) bond motifs is 1. The summed E-state index contributed by atoms with van der Waals surface area (Å²) in [6.07, 6.45) is 1.14. The van der Waals surface area contributed by atoms with Crippen LogP contribution in [0.5, 0.6) is 0 Å². The Morgan fingerprint density at radius 2 is 2.29 bits per heavy atom. The van der Waals surface area contributed by atoms with Crippen molar-refractivity contribution in [2.75, 3.05) is 40.3 Å². The van der Waals surface area contributed by atoms with Gasteiger partial charge in [0.15, 0.2) is 0 Å². The molecule has 3 heterocycles. The summed E-state index contributed by atoms with van der Waals surface area (Å²) >= 11 is 1.29. The molecule has 0 unspecified atom stereocenters. The topological polar surface area (TPSA) is 49.9 Å². The van der Waals surface area contributed by atoms with Crippen LogP contribution in [0.3, 0.4) is 0 Å². The molecule has 0 radical (unpaired) electrons. The van der Waals surface area contributed by atoms with Gasteiger partial charge in [0, 0.05) is 25.6 Å². The number of sulfonamides is 1. The van der Waals surface area contributed by atoms with Gasteiger partial charge in [-0.25, -0.2) is 8.42 Å². The highest BCUT2D eigenvalue weighted by molar-refractivity contribution is 7.91. The molecular weight excluding hydrogens is 308 g/mol. The van der Waals surface area contributed by atoms with Crippen molar-refractivity contribution >= 4 is 21.4 Å². The molecule has 118 valence electrons. The van der Waals surface area contributed by atoms with E-state index in [1.807, 2.05) is 19.5 Å². The van der Waals surface area contributed by atoms with Crippen LogP contribution in [0.2, 0.25) is 0 Å². The molecule has 0 N–H and O–H groups in total. The van der Waals surface area contributed by atoms with Gasteiger partial charge in [0.05, 0.1) is 12.7 Å². The molecule has 0 aliphatic carbocycles. The van der Waals surface area contributed by atoms with Crippen molar-refractivity contribution in [3.63, 3.8) is 0 Å². The van der Waals surface area contributed by atoms with Gasteiger partial charge in [-0.2, -0.15) is 4.31 Å². The summed E-state index contributed by atoms with van der Waals surface area (Å²) in [5.41, 5.74) is 0. The van der Waals surface area contributed by atoms with E-state index in [9.17, 15) is 8.42 Å². The third-order valence-electron chi connectivity index (χ3n) is 4.39. The molecule has 3 atom stereocenters. The lowest BCUT2D eigenvalue weighted by molar-refractivity contribution is 0.0653. The molecule has 21 heavy (non-hydrogen) atoms. The Balaban J connectivity index is 1.70. The average Bonchev–Trinajstić information content (AvgIpc) is 3.08. The SMILES string of the molecule is CN(C)C[C@@H]1OC[C@@H]2CN(S(=O)(=O)c3cccs3)CC[C@@H]21. The zero-order valence-electron chi connectivity index (χ0n) is 12.4. The summed E-state index contributed by atoms with van der Waals surface area (Å²) in [6.45, 7) is 2.79. The summed E-state index contributed by atoms with van der Waals surface area (Å²) < 4.78 is 33.2. The van der Waals surface area contributed by atoms with Gasteiger partial charge in [0.1, 0.15) is 4.21 Å². The second-order valence-corrected chi connectivity index (χ2v) is 9.25. The van der Waals surface area contributed by atoms with E-state index < -0.39 is 10.0 Å². The number of piperidine rings is 1. The van der Waals surface area contributed by atoms with Crippen molar-refractivity contribution < 1.29 is 13.2 Å². The Hall–Kier alpha value is -0.470. The second-order valence-electron chi connectivity index (χ2n) is 6.14. The van der Waals surface area contributed by atoms with Gasteiger partial charge in [0.2, 0.25) is 0 Å². The van der Waals surface area contributed by atoms with E-state index in [2.05, 4.69) is 4.90 Å². The summed E-state index contributed by atoms with van der Waals surface area (Å²) in [6, 6.07) is 3.47. The normalized spacial score (nSPS) is 30.7. The Kier molecular flexibility index (Phi) is 4.38. The Morgan fingerprint density at radius 3 is 2.95 bits per heavy atom. The highest BCUT2D eigenvalue weighted by Crippen LogP contribution is 2.36. The lowest BCUT2D eigenvalue weighted by atomic mass is 9.85. The van der Waals surface area contributed by atoms with E-state index in [1.165, 1.54) is 11.3 Å². The number of nitrogens with zero attached hydrogens (tertiary/aromatic N) is 2. The molecule has 0 aromatic carbocycles. The molecule has 7 heteroatoms. The maximum Gasteiger partial charge on any atom is 0.252 e. The fourth-order valence-electron chi connectivity index (χ4n) is 3.36. The first-order valence-electron chi connectivity index (χ1n) is 7.28. The lowest BCUT2D eigenvalue weighted by Crippen LogP contribution is -2.45. The molecule has 0 bridgehead atoms. The summed E-state index contributed by atoms with van der Waals surface area (Å²) in [4.78, 5) is 2.14. The summed E-state index contributed by atoms with van der Waals surface area (Å²) in [7, 11) is 0.785. The van der Waals surface area contributed by atoms with Crippen LogP contribution in [-0.2, 0) is 14.8 Å². The highest BCUT2D eigenvalue weighted by atomic mass is 32.2.